The summed E-state index contributed by atoms with van der Waals surface area (Å²) in [5.41, 5.74) is 7.24. The van der Waals surface area contributed by atoms with Crippen LogP contribution in [0.5, 0.6) is 0 Å². The van der Waals surface area contributed by atoms with Crippen LogP contribution in [0.3, 0.4) is 0 Å². The number of fused-ring (bicyclic) bond motifs is 1. The lowest BCUT2D eigenvalue weighted by Gasteiger charge is -2.12. The van der Waals surface area contributed by atoms with Gasteiger partial charge < -0.3 is 11.1 Å². The Balaban J connectivity index is 1.78. The van der Waals surface area contributed by atoms with Crippen molar-refractivity contribution in [1.82, 2.24) is 10.3 Å². The molecule has 0 bridgehead atoms. The molecule has 2 aromatic rings. The molecule has 3 rings (SSSR count). The topological polar surface area (TPSA) is 68.0 Å². The van der Waals surface area contributed by atoms with Crippen molar-refractivity contribution in [3.05, 3.63) is 23.2 Å². The highest BCUT2D eigenvalue weighted by molar-refractivity contribution is 7.21. The van der Waals surface area contributed by atoms with Gasteiger partial charge in [-0.25, -0.2) is 0 Å². The molecule has 1 atom stereocenters. The number of carbonyl (C=O) groups is 1. The Kier molecular flexibility index (Phi) is 3.14. The van der Waals surface area contributed by atoms with E-state index >= 15 is 0 Å². The van der Waals surface area contributed by atoms with Crippen LogP contribution in [0, 0.1) is 5.92 Å². The molecule has 4 nitrogen and oxygen atoms in total. The third-order valence-corrected chi connectivity index (χ3v) is 4.61. The number of anilines is 1. The van der Waals surface area contributed by atoms with Crippen LogP contribution in [0.4, 0.5) is 5.69 Å². The van der Waals surface area contributed by atoms with Crippen molar-refractivity contribution in [2.75, 3.05) is 5.73 Å². The van der Waals surface area contributed by atoms with E-state index in [2.05, 4.69) is 17.2 Å². The maximum Gasteiger partial charge on any atom is 0.263 e. The number of carbonyl (C=O) groups excluding carboxylic acids is 1. The van der Waals surface area contributed by atoms with Gasteiger partial charge in [0.1, 0.15) is 10.4 Å². The summed E-state index contributed by atoms with van der Waals surface area (Å²) < 4.78 is 0.958. The lowest BCUT2D eigenvalue weighted by Crippen LogP contribution is -2.32. The number of aromatic nitrogens is 1. The Hall–Kier alpha value is -1.62. The second-order valence-electron chi connectivity index (χ2n) is 5.25. The monoisotopic (exact) mass is 275 g/mol. The van der Waals surface area contributed by atoms with Crippen molar-refractivity contribution >= 4 is 33.1 Å². The Labute approximate surface area is 116 Å². The van der Waals surface area contributed by atoms with Crippen LogP contribution in [0.15, 0.2) is 18.3 Å². The van der Waals surface area contributed by atoms with E-state index in [4.69, 9.17) is 5.73 Å². The quantitative estimate of drug-likeness (QED) is 0.901. The van der Waals surface area contributed by atoms with Gasteiger partial charge in [-0.2, -0.15) is 0 Å². The molecule has 0 radical (unpaired) electrons. The predicted octanol–water partition coefficient (Wildman–Crippen LogP) is 2.80. The molecule has 100 valence electrons. The highest BCUT2D eigenvalue weighted by atomic mass is 32.1. The molecule has 1 aliphatic carbocycles. The van der Waals surface area contributed by atoms with Gasteiger partial charge in [0.2, 0.25) is 0 Å². The van der Waals surface area contributed by atoms with Gasteiger partial charge in [0.25, 0.3) is 5.91 Å². The minimum Gasteiger partial charge on any atom is -0.396 e. The molecular formula is C14H17N3OS. The molecule has 19 heavy (non-hydrogen) atoms. The van der Waals surface area contributed by atoms with E-state index in [0.29, 0.717) is 10.6 Å². The van der Waals surface area contributed by atoms with Crippen LogP contribution < -0.4 is 11.1 Å². The van der Waals surface area contributed by atoms with Crippen molar-refractivity contribution < 1.29 is 4.79 Å². The number of pyridine rings is 1. The van der Waals surface area contributed by atoms with Crippen LogP contribution in [0.1, 0.15) is 35.9 Å². The number of nitrogens with one attached hydrogen (secondary N) is 1. The fourth-order valence-corrected chi connectivity index (χ4v) is 3.30. The van der Waals surface area contributed by atoms with E-state index < -0.39 is 0 Å². The normalized spacial score (nSPS) is 16.5. The number of thiophene rings is 1. The fourth-order valence-electron chi connectivity index (χ4n) is 2.32. The van der Waals surface area contributed by atoms with Gasteiger partial charge in [-0.05, 0) is 31.4 Å². The average Bonchev–Trinajstić information content (AvgIpc) is 3.12. The minimum absolute atomic E-state index is 0.0753. The number of hydrogen-bond acceptors (Lipinski definition) is 4. The Bertz CT molecular complexity index is 618. The minimum atomic E-state index is -0.0753. The van der Waals surface area contributed by atoms with Crippen molar-refractivity contribution in [3.63, 3.8) is 0 Å². The first-order valence-corrected chi connectivity index (χ1v) is 7.40. The van der Waals surface area contributed by atoms with E-state index in [1.54, 1.807) is 6.20 Å². The van der Waals surface area contributed by atoms with Gasteiger partial charge in [-0.1, -0.05) is 12.8 Å². The maximum absolute atomic E-state index is 12.2. The largest absolute Gasteiger partial charge is 0.396 e. The Morgan fingerprint density at radius 3 is 3.11 bits per heavy atom. The molecule has 1 aliphatic rings. The number of rotatable bonds is 4. The zero-order chi connectivity index (χ0) is 13.4. The van der Waals surface area contributed by atoms with Gasteiger partial charge in [-0.3, -0.25) is 9.78 Å². The molecule has 1 fully saturated rings. The SMILES string of the molecule is CC(CC1CC1)NC(=O)c1sc2cccnc2c1N. The highest BCUT2D eigenvalue weighted by Gasteiger charge is 2.25. The van der Waals surface area contributed by atoms with Gasteiger partial charge >= 0.3 is 0 Å². The van der Waals surface area contributed by atoms with Gasteiger partial charge in [0.15, 0.2) is 0 Å². The number of amides is 1. The van der Waals surface area contributed by atoms with E-state index in [9.17, 15) is 4.79 Å². The van der Waals surface area contributed by atoms with Crippen molar-refractivity contribution in [3.8, 4) is 0 Å². The zero-order valence-electron chi connectivity index (χ0n) is 10.8. The van der Waals surface area contributed by atoms with Crippen molar-refractivity contribution in [2.24, 2.45) is 5.92 Å². The fraction of sp³-hybridized carbons (Fsp3) is 0.429. The van der Waals surface area contributed by atoms with Crippen LogP contribution >= 0.6 is 11.3 Å². The number of nitrogen functional groups attached to an aromatic ring is 1. The van der Waals surface area contributed by atoms with Gasteiger partial charge in [0, 0.05) is 12.2 Å². The number of nitrogens with zero attached hydrogens (tertiary/aromatic N) is 1. The van der Waals surface area contributed by atoms with Crippen molar-refractivity contribution in [2.45, 2.75) is 32.2 Å². The summed E-state index contributed by atoms with van der Waals surface area (Å²) in [4.78, 5) is 17.0. The molecule has 0 saturated heterocycles. The zero-order valence-corrected chi connectivity index (χ0v) is 11.7. The Morgan fingerprint density at radius 1 is 1.63 bits per heavy atom. The summed E-state index contributed by atoms with van der Waals surface area (Å²) >= 11 is 1.41. The molecule has 1 saturated carbocycles. The summed E-state index contributed by atoms with van der Waals surface area (Å²) in [6.45, 7) is 2.05. The Morgan fingerprint density at radius 2 is 2.42 bits per heavy atom. The summed E-state index contributed by atoms with van der Waals surface area (Å²) in [5.74, 6) is 0.727. The lowest BCUT2D eigenvalue weighted by atomic mass is 10.1. The van der Waals surface area contributed by atoms with E-state index in [1.165, 1.54) is 24.2 Å². The molecular weight excluding hydrogens is 258 g/mol. The molecule has 1 amide bonds. The smallest absolute Gasteiger partial charge is 0.263 e. The first-order valence-electron chi connectivity index (χ1n) is 6.59. The first-order chi connectivity index (χ1) is 9.15. The van der Waals surface area contributed by atoms with Crippen molar-refractivity contribution in [1.29, 1.82) is 0 Å². The summed E-state index contributed by atoms with van der Waals surface area (Å²) in [6, 6.07) is 4.00. The molecule has 2 aromatic heterocycles. The number of hydrogen-bond donors (Lipinski definition) is 2. The summed E-state index contributed by atoms with van der Waals surface area (Å²) in [6.07, 6.45) is 5.36. The van der Waals surface area contributed by atoms with Crippen LogP contribution in [0.25, 0.3) is 10.2 Å². The van der Waals surface area contributed by atoms with Crippen LogP contribution in [-0.2, 0) is 0 Å². The predicted molar refractivity (Wildman–Crippen MR) is 78.3 cm³/mol. The van der Waals surface area contributed by atoms with Crippen LogP contribution in [-0.4, -0.2) is 16.9 Å². The summed E-state index contributed by atoms with van der Waals surface area (Å²) in [7, 11) is 0. The second-order valence-corrected chi connectivity index (χ2v) is 6.30. The lowest BCUT2D eigenvalue weighted by molar-refractivity contribution is 0.0942. The highest BCUT2D eigenvalue weighted by Crippen LogP contribution is 2.34. The van der Waals surface area contributed by atoms with E-state index in [-0.39, 0.29) is 11.9 Å². The molecule has 0 spiro atoms. The third-order valence-electron chi connectivity index (χ3n) is 3.45. The van der Waals surface area contributed by atoms with E-state index in [0.717, 1.165) is 22.6 Å². The van der Waals surface area contributed by atoms with Crippen LogP contribution in [0.2, 0.25) is 0 Å². The standard InChI is InChI=1S/C14H17N3OS/c1-8(7-9-4-5-9)17-14(18)13-11(15)12-10(19-13)3-2-6-16-12/h2-3,6,8-9H,4-5,7,15H2,1H3,(H,17,18). The maximum atomic E-state index is 12.2. The number of nitrogens with two attached hydrogens (primary N) is 1. The first kappa shape index (κ1) is 12.4. The summed E-state index contributed by atoms with van der Waals surface area (Å²) in [5, 5.41) is 3.03. The molecule has 0 aromatic carbocycles. The average molecular weight is 275 g/mol. The van der Waals surface area contributed by atoms with Gasteiger partial charge in [-0.15, -0.1) is 11.3 Å². The molecule has 0 aliphatic heterocycles. The molecule has 1 unspecified atom stereocenters. The molecule has 2 heterocycles. The molecule has 3 N–H and O–H groups in total. The second kappa shape index (κ2) is 4.81. The molecule has 5 heteroatoms. The third kappa shape index (κ3) is 2.56. The van der Waals surface area contributed by atoms with Gasteiger partial charge in [0.05, 0.1) is 10.4 Å². The van der Waals surface area contributed by atoms with E-state index in [1.807, 2.05) is 12.1 Å².